The van der Waals surface area contributed by atoms with Crippen molar-refractivity contribution in [2.24, 2.45) is 0 Å². The SMILES string of the molecule is CC1(C)c2ccccc2-c2c(-c3nc(-c4ccccc4)nc(-c4cccc5c4ccc4c5ccc5c6ccccc6ccc54)n3)cccc21.CC1(C)c2ccccc2-c2cc(-c3nc(-c4ccccc4)nc(-c4cccc5c4ccc4c5ccc5c6ccccc6ccc54)n3)ccc21.c1ccc(-c2nc(-c3ccc4c(c3)sc3ccccc34)nc(-c3cccc4c3ccc3c4ccc4c5ccccc5ccc43)n2)cc1. The summed E-state index contributed by atoms with van der Waals surface area (Å²) in [5.74, 6) is 6.03. The van der Waals surface area contributed by atoms with Gasteiger partial charge in [0.15, 0.2) is 52.4 Å². The molecule has 678 valence electrons. The molecular weight excluding hydrogens is 1780 g/mol. The first-order valence-corrected chi connectivity index (χ1v) is 50.3. The summed E-state index contributed by atoms with van der Waals surface area (Å²) >= 11 is 1.80. The number of aromatic nitrogens is 9. The van der Waals surface area contributed by atoms with E-state index in [1.54, 1.807) is 11.3 Å². The van der Waals surface area contributed by atoms with E-state index in [0.29, 0.717) is 52.4 Å². The van der Waals surface area contributed by atoms with E-state index in [4.69, 9.17) is 44.9 Å². The quantitative estimate of drug-likeness (QED) is 0.130. The van der Waals surface area contributed by atoms with Crippen molar-refractivity contribution in [2.75, 3.05) is 0 Å². The Labute approximate surface area is 840 Å². The van der Waals surface area contributed by atoms with Gasteiger partial charge in [0.05, 0.1) is 0 Å². The summed E-state index contributed by atoms with van der Waals surface area (Å²) in [4.78, 5) is 46.3. The van der Waals surface area contributed by atoms with Crippen LogP contribution in [-0.2, 0) is 10.8 Å². The van der Waals surface area contributed by atoms with Crippen molar-refractivity contribution in [3.8, 4) is 125 Å². The zero-order valence-corrected chi connectivity index (χ0v) is 80.6. The summed E-state index contributed by atoms with van der Waals surface area (Å²) < 4.78 is 2.51. The molecule has 0 fully saturated rings. The van der Waals surface area contributed by atoms with E-state index in [2.05, 4.69) is 428 Å². The first-order valence-electron chi connectivity index (χ1n) is 49.5. The zero-order chi connectivity index (χ0) is 96.3. The highest BCUT2D eigenvalue weighted by Gasteiger charge is 2.39. The van der Waals surface area contributed by atoms with Gasteiger partial charge in [-0.15, -0.1) is 11.3 Å². The highest BCUT2D eigenvalue weighted by atomic mass is 32.1. The van der Waals surface area contributed by atoms with Crippen LogP contribution in [0.4, 0.5) is 0 Å². The number of hydrogen-bond acceptors (Lipinski definition) is 10. The van der Waals surface area contributed by atoms with Gasteiger partial charge in [0, 0.05) is 81.1 Å². The first kappa shape index (κ1) is 84.7. The fourth-order valence-electron chi connectivity index (χ4n) is 23.3. The molecule has 30 rings (SSSR count). The third-order valence-electron chi connectivity index (χ3n) is 30.4. The van der Waals surface area contributed by atoms with Crippen LogP contribution in [0.25, 0.3) is 274 Å². The maximum atomic E-state index is 5.29. The molecule has 0 saturated heterocycles. The average molecular weight is 1870 g/mol. The van der Waals surface area contributed by atoms with Crippen molar-refractivity contribution in [1.29, 1.82) is 0 Å². The van der Waals surface area contributed by atoms with Crippen LogP contribution in [0, 0.1) is 0 Å². The number of rotatable bonds is 9. The molecule has 0 radical (unpaired) electrons. The lowest BCUT2D eigenvalue weighted by Crippen LogP contribution is -2.14. The standard InChI is InChI=1S/2C46H31N3.C43H25N3S/c1-46(2)40-20-9-8-16-38(40)42-39(19-11-21-41(42)46)45-48-43(29-13-4-3-5-14-29)47-44(49-45)37-18-10-17-31-34-25-24-32-30-15-7-6-12-28(30)22-23-33(32)35(34)26-27-36(31)37;1-46(2)41-18-9-8-15-38(41)40-27-30(20-26-42(40)46)44-47-43(29-12-4-3-5-13-29)48-45(49-44)39-17-10-16-32-35-23-22-33-31-14-7-6-11-28(31)19-21-34(33)36(35)24-25-37(32)39;1-2-10-27(11-3-1)41-44-42(28-18-20-37-36-13-6-7-16-39(36)47-40(37)25-28)46-43(45-41)38-15-8-14-30-33-22-21-31-29-12-5-4-9-26(29)17-19-32(31)34(33)23-24-35(30)38/h2*3-27H,1-2H3;1-25H. The van der Waals surface area contributed by atoms with Gasteiger partial charge < -0.3 is 0 Å². The molecule has 24 aromatic carbocycles. The summed E-state index contributed by atoms with van der Waals surface area (Å²) in [5, 5.41) is 32.1. The Bertz CT molecular complexity index is 10300. The van der Waals surface area contributed by atoms with E-state index in [0.717, 1.165) is 66.2 Å². The molecule has 0 bridgehead atoms. The van der Waals surface area contributed by atoms with Gasteiger partial charge in [-0.05, 0) is 192 Å². The highest BCUT2D eigenvalue weighted by Crippen LogP contribution is 2.54. The second kappa shape index (κ2) is 33.7. The van der Waals surface area contributed by atoms with Crippen LogP contribution >= 0.6 is 11.3 Å². The lowest BCUT2D eigenvalue weighted by molar-refractivity contribution is 0.660. The average Bonchev–Trinajstić information content (AvgIpc) is 1.42. The van der Waals surface area contributed by atoms with E-state index < -0.39 is 0 Å². The fourth-order valence-corrected chi connectivity index (χ4v) is 24.4. The first-order chi connectivity index (χ1) is 71.4. The third-order valence-corrected chi connectivity index (χ3v) is 31.5. The Morgan fingerprint density at radius 2 is 0.400 bits per heavy atom. The van der Waals surface area contributed by atoms with Crippen LogP contribution in [0.5, 0.6) is 0 Å². The van der Waals surface area contributed by atoms with Crippen LogP contribution in [0.2, 0.25) is 0 Å². The van der Waals surface area contributed by atoms with Gasteiger partial charge in [0.25, 0.3) is 0 Å². The Morgan fingerprint density at radius 1 is 0.145 bits per heavy atom. The van der Waals surface area contributed by atoms with E-state index >= 15 is 0 Å². The second-order valence-electron chi connectivity index (χ2n) is 39.2. The maximum absolute atomic E-state index is 5.29. The molecule has 0 spiro atoms. The molecule has 0 aliphatic heterocycles. The van der Waals surface area contributed by atoms with Crippen molar-refractivity contribution in [3.05, 3.63) is 477 Å². The molecule has 28 aromatic rings. The summed E-state index contributed by atoms with van der Waals surface area (Å²) in [6.07, 6.45) is 0. The molecule has 4 aromatic heterocycles. The van der Waals surface area contributed by atoms with E-state index in [1.807, 2.05) is 54.6 Å². The molecule has 2 aliphatic carbocycles. The molecule has 9 nitrogen and oxygen atoms in total. The van der Waals surface area contributed by atoms with Crippen molar-refractivity contribution < 1.29 is 0 Å². The van der Waals surface area contributed by atoms with Crippen molar-refractivity contribution in [3.63, 3.8) is 0 Å². The van der Waals surface area contributed by atoms with Crippen molar-refractivity contribution in [2.45, 2.75) is 38.5 Å². The van der Waals surface area contributed by atoms with Crippen LogP contribution in [-0.4, -0.2) is 44.9 Å². The summed E-state index contributed by atoms with van der Waals surface area (Å²) in [6.45, 7) is 9.23. The normalized spacial score (nSPS) is 12.8. The summed E-state index contributed by atoms with van der Waals surface area (Å²) in [6, 6.07) is 162. The lowest BCUT2D eigenvalue weighted by Gasteiger charge is -2.21. The molecule has 4 heterocycles. The highest BCUT2D eigenvalue weighted by molar-refractivity contribution is 7.25. The molecule has 10 heteroatoms. The summed E-state index contributed by atoms with van der Waals surface area (Å²) in [7, 11) is 0. The largest absolute Gasteiger partial charge is 0.208 e. The molecule has 0 saturated carbocycles. The van der Waals surface area contributed by atoms with Crippen LogP contribution in [0.15, 0.2) is 455 Å². The van der Waals surface area contributed by atoms with Gasteiger partial charge in [-0.2, -0.15) is 0 Å². The third kappa shape index (κ3) is 14.0. The van der Waals surface area contributed by atoms with Gasteiger partial charge in [-0.3, -0.25) is 0 Å². The maximum Gasteiger partial charge on any atom is 0.164 e. The van der Waals surface area contributed by atoms with Crippen LogP contribution < -0.4 is 0 Å². The molecule has 0 unspecified atom stereocenters. The number of fused-ring (bicyclic) bond motifs is 30. The summed E-state index contributed by atoms with van der Waals surface area (Å²) in [5.41, 5.74) is 19.0. The smallest absolute Gasteiger partial charge is 0.164 e. The minimum Gasteiger partial charge on any atom is -0.208 e. The predicted octanol–water partition coefficient (Wildman–Crippen LogP) is 35.4. The minimum absolute atomic E-state index is 0.0614. The van der Waals surface area contributed by atoms with Gasteiger partial charge >= 0.3 is 0 Å². The van der Waals surface area contributed by atoms with Crippen molar-refractivity contribution >= 4 is 161 Å². The monoisotopic (exact) mass is 1870 g/mol. The number of hydrogen-bond donors (Lipinski definition) is 0. The Hall–Kier alpha value is -18.4. The van der Waals surface area contributed by atoms with E-state index in [9.17, 15) is 0 Å². The number of nitrogens with zero attached hydrogens (tertiary/aromatic N) is 9. The predicted molar refractivity (Wildman–Crippen MR) is 606 cm³/mol. The van der Waals surface area contributed by atoms with Gasteiger partial charge in [-0.25, -0.2) is 44.9 Å². The fraction of sp³-hybridized carbons (Fsp3) is 0.0444. The molecule has 0 atom stereocenters. The zero-order valence-electron chi connectivity index (χ0n) is 79.7. The molecule has 0 amide bonds. The Morgan fingerprint density at radius 3 is 0.841 bits per heavy atom. The Balaban J connectivity index is 0.000000106. The second-order valence-corrected chi connectivity index (χ2v) is 40.3. The lowest BCUT2D eigenvalue weighted by atomic mass is 9.82. The van der Waals surface area contributed by atoms with Gasteiger partial charge in [0.2, 0.25) is 0 Å². The van der Waals surface area contributed by atoms with E-state index in [-0.39, 0.29) is 10.8 Å². The van der Waals surface area contributed by atoms with Gasteiger partial charge in [-0.1, -0.05) is 464 Å². The molecule has 2 aliphatic rings. The molecule has 0 N–H and O–H groups in total. The Kier molecular flexibility index (Phi) is 19.7. The molecular formula is C135H87N9S. The minimum atomic E-state index is -0.118. The van der Waals surface area contributed by atoms with E-state index in [1.165, 1.54) is 178 Å². The topological polar surface area (TPSA) is 116 Å². The van der Waals surface area contributed by atoms with Gasteiger partial charge in [0.1, 0.15) is 0 Å². The van der Waals surface area contributed by atoms with Crippen LogP contribution in [0.3, 0.4) is 0 Å². The number of thiophene rings is 1. The van der Waals surface area contributed by atoms with Crippen molar-refractivity contribution in [1.82, 2.24) is 44.9 Å². The van der Waals surface area contributed by atoms with Crippen LogP contribution in [0.1, 0.15) is 49.9 Å². The molecule has 145 heavy (non-hydrogen) atoms. The number of benzene rings is 24.